The Morgan fingerprint density at radius 3 is 0.889 bits per heavy atom. The average Bonchev–Trinajstić information content (AvgIpc) is 0.811. The quantitative estimate of drug-likeness (QED) is 0.243. The van der Waals surface area contributed by atoms with Crippen molar-refractivity contribution in [2.24, 2.45) is 0 Å². The minimum atomic E-state index is -1.75. The number of rotatable bonds is 0. The van der Waals surface area contributed by atoms with E-state index in [4.69, 9.17) is 15.3 Å². The van der Waals surface area contributed by atoms with Crippen LogP contribution in [0.1, 0.15) is 0 Å². The van der Waals surface area contributed by atoms with E-state index in [0.717, 1.165) is 0 Å². The molecule has 0 aromatic rings. The van der Waals surface area contributed by atoms with Crippen molar-refractivity contribution in [3.05, 3.63) is 15.3 Å². The van der Waals surface area contributed by atoms with Gasteiger partial charge in [0.25, 0.3) is 0 Å². The van der Waals surface area contributed by atoms with Gasteiger partial charge in [-0.05, 0) is 0 Å². The zero-order valence-corrected chi connectivity index (χ0v) is 8.42. The van der Waals surface area contributed by atoms with Gasteiger partial charge in [-0.15, -0.1) is 0 Å². The van der Waals surface area contributed by atoms with E-state index >= 15 is 0 Å². The molecule has 0 aliphatic heterocycles. The molecular formula is H8CdNO7+. The van der Waals surface area contributed by atoms with Crippen LogP contribution in [0.3, 0.4) is 0 Å². The Balaban J connectivity index is -0.00000000450. The van der Waals surface area contributed by atoms with Gasteiger partial charge < -0.3 is 37.2 Å². The maximum Gasteiger partial charge on any atom is 2.00 e. The monoisotopic (exact) mass is 248 g/mol. The summed E-state index contributed by atoms with van der Waals surface area (Å²) in [5.41, 5.74) is 0. The maximum atomic E-state index is 8.25. The van der Waals surface area contributed by atoms with E-state index in [1.165, 1.54) is 0 Å². The van der Waals surface area contributed by atoms with Gasteiger partial charge in [0.1, 0.15) is 0 Å². The first kappa shape index (κ1) is 64.8. The largest absolute Gasteiger partial charge is 2.00 e. The fraction of sp³-hybridized carbons (Fsp3) is 0. The van der Waals surface area contributed by atoms with E-state index in [1.54, 1.807) is 0 Å². The summed E-state index contributed by atoms with van der Waals surface area (Å²) >= 11 is 0. The summed E-state index contributed by atoms with van der Waals surface area (Å²) in [6.45, 7) is 0. The second kappa shape index (κ2) is 44.0. The van der Waals surface area contributed by atoms with Crippen molar-refractivity contribution in [3.8, 4) is 0 Å². The molecule has 0 bridgehead atoms. The molecular weight excluding hydrogens is 238 g/mol. The summed E-state index contributed by atoms with van der Waals surface area (Å²) in [4.78, 5) is 8.25. The van der Waals surface area contributed by atoms with Gasteiger partial charge in [-0.3, -0.25) is 0 Å². The van der Waals surface area contributed by atoms with Crippen LogP contribution in [0.15, 0.2) is 0 Å². The van der Waals surface area contributed by atoms with Crippen molar-refractivity contribution >= 4 is 0 Å². The van der Waals surface area contributed by atoms with Crippen molar-refractivity contribution < 1.29 is 54.3 Å². The smallest absolute Gasteiger partial charge is 0.412 e. The zero-order chi connectivity index (χ0) is 3.58. The van der Waals surface area contributed by atoms with Crippen molar-refractivity contribution in [1.82, 2.24) is 0 Å². The molecule has 0 aliphatic carbocycles. The van der Waals surface area contributed by atoms with E-state index in [9.17, 15) is 0 Å². The zero-order valence-electron chi connectivity index (χ0n) is 4.38. The molecule has 0 spiro atoms. The molecule has 0 aliphatic rings. The van der Waals surface area contributed by atoms with Crippen LogP contribution in [0, 0.1) is 15.3 Å². The molecule has 0 saturated heterocycles. The second-order valence-corrected chi connectivity index (χ2v) is 0.224. The average molecular weight is 246 g/mol. The molecule has 56 valence electrons. The van der Waals surface area contributed by atoms with Crippen molar-refractivity contribution in [3.63, 3.8) is 0 Å². The van der Waals surface area contributed by atoms with Gasteiger partial charge in [-0.1, -0.05) is 0 Å². The van der Waals surface area contributed by atoms with E-state index in [2.05, 4.69) is 0 Å². The minimum absolute atomic E-state index is 0. The molecule has 0 aromatic heterocycles. The van der Waals surface area contributed by atoms with Crippen LogP contribution < -0.4 is 0 Å². The maximum absolute atomic E-state index is 8.25. The summed E-state index contributed by atoms with van der Waals surface area (Å²) in [5, 5.41) is 14.8. The van der Waals surface area contributed by atoms with Crippen molar-refractivity contribution in [2.75, 3.05) is 0 Å². The second-order valence-electron chi connectivity index (χ2n) is 0.224. The summed E-state index contributed by atoms with van der Waals surface area (Å²) < 4.78 is 0. The fourth-order valence-electron chi connectivity index (χ4n) is 0. The third-order valence-electron chi connectivity index (χ3n) is 0. The minimum Gasteiger partial charge on any atom is -0.412 e. The number of hydrogen-bond donors (Lipinski definition) is 0. The van der Waals surface area contributed by atoms with Crippen LogP contribution in [0.25, 0.3) is 0 Å². The predicted molar refractivity (Wildman–Crippen MR) is 24.8 cm³/mol. The molecule has 0 atom stereocenters. The van der Waals surface area contributed by atoms with E-state index < -0.39 is 5.09 Å². The van der Waals surface area contributed by atoms with Crippen LogP contribution in [0.2, 0.25) is 0 Å². The van der Waals surface area contributed by atoms with Crippen LogP contribution in [0.4, 0.5) is 0 Å². The molecule has 9 heteroatoms. The summed E-state index contributed by atoms with van der Waals surface area (Å²) in [5.74, 6) is 0. The topological polar surface area (TPSA) is 192 Å². The molecule has 0 saturated carbocycles. The Kier molecular flexibility index (Phi) is 316. The molecule has 0 amide bonds. The first-order valence-corrected chi connectivity index (χ1v) is 0.548. The Bertz CT molecular complexity index is 31.9. The molecule has 0 fully saturated rings. The van der Waals surface area contributed by atoms with Gasteiger partial charge in [0.05, 0.1) is 5.09 Å². The first-order valence-electron chi connectivity index (χ1n) is 0.548. The Morgan fingerprint density at radius 1 is 0.889 bits per heavy atom. The number of nitrogens with zero attached hydrogens (tertiary/aromatic N) is 1. The van der Waals surface area contributed by atoms with Gasteiger partial charge in [0, 0.05) is 0 Å². The molecule has 8 N–H and O–H groups in total. The predicted octanol–water partition coefficient (Wildman–Crippen LogP) is -3.54. The molecule has 9 heavy (non-hydrogen) atoms. The van der Waals surface area contributed by atoms with Gasteiger partial charge in [-0.2, -0.15) is 0 Å². The van der Waals surface area contributed by atoms with E-state index in [0.29, 0.717) is 0 Å². The van der Waals surface area contributed by atoms with Crippen LogP contribution >= 0.6 is 0 Å². The van der Waals surface area contributed by atoms with Gasteiger partial charge >= 0.3 is 27.3 Å². The standard InChI is InChI=1S/Cd.NO3.4H2O/c;2-1(3)4;;;;/h;;4*1H2/q+2;-1;;;;. The molecule has 0 heterocycles. The van der Waals surface area contributed by atoms with Crippen LogP contribution in [-0.4, -0.2) is 27.0 Å². The van der Waals surface area contributed by atoms with Crippen molar-refractivity contribution in [2.45, 2.75) is 0 Å². The van der Waals surface area contributed by atoms with Crippen LogP contribution in [0.5, 0.6) is 0 Å². The van der Waals surface area contributed by atoms with Gasteiger partial charge in [-0.25, -0.2) is 0 Å². The Hall–Kier alpha value is -0.0379. The molecule has 0 unspecified atom stereocenters. The summed E-state index contributed by atoms with van der Waals surface area (Å²) in [7, 11) is 0. The Morgan fingerprint density at radius 2 is 0.889 bits per heavy atom. The summed E-state index contributed by atoms with van der Waals surface area (Å²) in [6, 6.07) is 0. The Labute approximate surface area is 70.0 Å². The fourth-order valence-corrected chi connectivity index (χ4v) is 0. The van der Waals surface area contributed by atoms with Gasteiger partial charge in [0.15, 0.2) is 0 Å². The third kappa shape index (κ3) is 197000. The molecule has 8 nitrogen and oxygen atoms in total. The van der Waals surface area contributed by atoms with Crippen LogP contribution in [-0.2, 0) is 27.3 Å². The van der Waals surface area contributed by atoms with Gasteiger partial charge in [0.2, 0.25) is 0 Å². The number of hydrogen-bond acceptors (Lipinski definition) is 3. The first-order chi connectivity index (χ1) is 1.73. The van der Waals surface area contributed by atoms with Crippen molar-refractivity contribution in [1.29, 1.82) is 0 Å². The molecule has 0 rings (SSSR count). The molecule has 0 aromatic carbocycles. The normalized spacial score (nSPS) is 2.67. The van der Waals surface area contributed by atoms with E-state index in [1.807, 2.05) is 0 Å². The third-order valence-corrected chi connectivity index (χ3v) is 0. The summed E-state index contributed by atoms with van der Waals surface area (Å²) in [6.07, 6.45) is 0. The van der Waals surface area contributed by atoms with E-state index in [-0.39, 0.29) is 49.2 Å². The molecule has 0 radical (unpaired) electrons. The SMILES string of the molecule is O.O.O.O.O=[N+]([O-])[O-].[Cd+2].